The Labute approximate surface area is 504 Å². The zero-order valence-electron chi connectivity index (χ0n) is 55.2. The second-order valence-electron chi connectivity index (χ2n) is 20.9. The fourth-order valence-corrected chi connectivity index (χ4v) is 12.7. The van der Waals surface area contributed by atoms with Gasteiger partial charge in [0.2, 0.25) is 0 Å². The summed E-state index contributed by atoms with van der Waals surface area (Å²) in [5.74, 6) is 1.68. The fraction of sp³-hybridized carbons (Fsp3) is 0. The normalized spacial score (nSPS) is 13.6. The molecule has 85 heavy (non-hydrogen) atoms. The summed E-state index contributed by atoms with van der Waals surface area (Å²) in [6.45, 7) is 0. The second kappa shape index (κ2) is 19.6. The highest BCUT2D eigenvalue weighted by Gasteiger charge is 2.28. The van der Waals surface area contributed by atoms with Crippen LogP contribution in [0.3, 0.4) is 0 Å². The van der Waals surface area contributed by atoms with Crippen LogP contribution >= 0.6 is 0 Å². The van der Waals surface area contributed by atoms with Crippen LogP contribution in [0.1, 0.15) is 13.7 Å². The maximum atomic E-state index is 9.21. The van der Waals surface area contributed by atoms with Crippen LogP contribution < -0.4 is 14.2 Å². The van der Waals surface area contributed by atoms with Gasteiger partial charge in [0.05, 0.1) is 80.9 Å². The van der Waals surface area contributed by atoms with E-state index in [4.69, 9.17) is 17.9 Å². The molecule has 12 aromatic carbocycles. The number of imidazole rings is 1. The molecule has 7 heteroatoms. The zero-order chi connectivity index (χ0) is 64.7. The first-order valence-corrected chi connectivity index (χ1v) is 28.0. The number of benzene rings is 12. The van der Waals surface area contributed by atoms with Crippen molar-refractivity contribution in [3.63, 3.8) is 0 Å². The maximum Gasteiger partial charge on any atom is 0.269 e. The molecule has 0 spiro atoms. The summed E-state index contributed by atoms with van der Waals surface area (Å²) in [4.78, 5) is 7.52. The molecule has 398 valence electrons. The van der Waals surface area contributed by atoms with Gasteiger partial charge >= 0.3 is 0 Å². The van der Waals surface area contributed by atoms with Gasteiger partial charge in [-0.05, 0) is 94.0 Å². The van der Waals surface area contributed by atoms with Gasteiger partial charge in [-0.2, -0.15) is 0 Å². The van der Waals surface area contributed by atoms with E-state index in [-0.39, 0.29) is 27.9 Å². The molecule has 5 heterocycles. The Morgan fingerprint density at radius 1 is 0.388 bits per heavy atom. The van der Waals surface area contributed by atoms with Crippen LogP contribution in [0.25, 0.3) is 122 Å². The molecular formula is C78H50N6O. The zero-order valence-corrected chi connectivity index (χ0v) is 45.2. The van der Waals surface area contributed by atoms with Gasteiger partial charge in [0.25, 0.3) is 6.33 Å². The molecule has 1 aliphatic rings. The van der Waals surface area contributed by atoms with Gasteiger partial charge in [-0.3, -0.25) is 13.7 Å². The van der Waals surface area contributed by atoms with E-state index in [1.54, 1.807) is 22.8 Å². The van der Waals surface area contributed by atoms with Crippen molar-refractivity contribution in [3.05, 3.63) is 310 Å². The molecule has 16 aromatic rings. The average Bonchev–Trinajstić information content (AvgIpc) is 1.71. The number of rotatable bonds is 9. The predicted molar refractivity (Wildman–Crippen MR) is 347 cm³/mol. The lowest BCUT2D eigenvalue weighted by molar-refractivity contribution is -0.571. The van der Waals surface area contributed by atoms with Crippen molar-refractivity contribution in [2.45, 2.75) is 0 Å². The van der Waals surface area contributed by atoms with E-state index < -0.39 is 60.4 Å². The molecule has 4 aromatic heterocycles. The molecule has 0 saturated heterocycles. The fourth-order valence-electron chi connectivity index (χ4n) is 12.7. The molecule has 0 radical (unpaired) electrons. The van der Waals surface area contributed by atoms with Crippen molar-refractivity contribution in [1.29, 1.82) is 0 Å². The minimum absolute atomic E-state index is 0.142. The number of ether oxygens (including phenoxy) is 1. The van der Waals surface area contributed by atoms with Crippen LogP contribution in [0.15, 0.2) is 303 Å². The van der Waals surface area contributed by atoms with Gasteiger partial charge in [0.1, 0.15) is 11.6 Å². The first-order chi connectivity index (χ1) is 46.3. The molecule has 0 fully saturated rings. The summed E-state index contributed by atoms with van der Waals surface area (Å²) in [7, 11) is 0. The van der Waals surface area contributed by atoms with E-state index in [1.165, 1.54) is 0 Å². The first-order valence-electron chi connectivity index (χ1n) is 33.0. The van der Waals surface area contributed by atoms with Crippen LogP contribution in [-0.2, 0) is 0 Å². The third-order valence-corrected chi connectivity index (χ3v) is 16.3. The molecule has 17 rings (SSSR count). The van der Waals surface area contributed by atoms with Crippen LogP contribution in [0.4, 0.5) is 17.1 Å². The molecule has 0 amide bonds. The largest absolute Gasteiger partial charge is 0.456 e. The number of hydrogen-bond donors (Lipinski definition) is 0. The quantitative estimate of drug-likeness (QED) is 0.107. The van der Waals surface area contributed by atoms with Crippen molar-refractivity contribution in [3.8, 4) is 78.9 Å². The van der Waals surface area contributed by atoms with Crippen LogP contribution in [0, 0.1) is 6.33 Å². The smallest absolute Gasteiger partial charge is 0.269 e. The predicted octanol–water partition coefficient (Wildman–Crippen LogP) is 19.5. The van der Waals surface area contributed by atoms with Gasteiger partial charge in [-0.1, -0.05) is 224 Å². The Kier molecular flexibility index (Phi) is 8.98. The third kappa shape index (κ3) is 7.75. The number of para-hydroxylation sites is 8. The molecule has 0 atom stereocenters. The third-order valence-electron chi connectivity index (χ3n) is 16.3. The number of hydrogen-bond acceptors (Lipinski definition) is 3. The highest BCUT2D eigenvalue weighted by atomic mass is 16.5. The average molecular weight is 1100 g/mol. The van der Waals surface area contributed by atoms with E-state index in [0.29, 0.717) is 34.0 Å². The van der Waals surface area contributed by atoms with Crippen LogP contribution in [0.2, 0.25) is 0 Å². The molecule has 0 saturated carbocycles. The van der Waals surface area contributed by atoms with E-state index in [0.717, 1.165) is 88.6 Å². The van der Waals surface area contributed by atoms with Crippen molar-refractivity contribution in [2.75, 3.05) is 4.90 Å². The van der Waals surface area contributed by atoms with Gasteiger partial charge in [0, 0.05) is 51.0 Å². The molecule has 0 N–H and O–H groups in total. The van der Waals surface area contributed by atoms with E-state index in [9.17, 15) is 5.48 Å². The van der Waals surface area contributed by atoms with Crippen molar-refractivity contribution >= 4 is 71.7 Å². The Hall–Kier alpha value is -11.5. The topological polar surface area (TPSA) is 44.0 Å². The Morgan fingerprint density at radius 2 is 0.906 bits per heavy atom. The molecule has 7 nitrogen and oxygen atoms in total. The maximum absolute atomic E-state index is 9.21. The monoisotopic (exact) mass is 1100 g/mol. The number of fused-ring (bicyclic) bond motifs is 12. The summed E-state index contributed by atoms with van der Waals surface area (Å²) in [5, 5.41) is 4.13. The second-order valence-corrected chi connectivity index (χ2v) is 20.9. The number of nitrogens with zero attached hydrogens (tertiary/aromatic N) is 6. The molecule has 0 aliphatic carbocycles. The number of aromatic nitrogens is 5. The molecule has 1 aliphatic heterocycles. The lowest BCUT2D eigenvalue weighted by atomic mass is 9.95. The molecule has 0 bridgehead atoms. The van der Waals surface area contributed by atoms with Crippen LogP contribution in [-0.4, -0.2) is 18.7 Å². The Bertz CT molecular complexity index is 5690. The van der Waals surface area contributed by atoms with Crippen molar-refractivity contribution < 1.29 is 23.0 Å². The lowest BCUT2D eigenvalue weighted by Gasteiger charge is -2.27. The number of pyridine rings is 1. The first kappa shape index (κ1) is 39.0. The summed E-state index contributed by atoms with van der Waals surface area (Å²) < 4.78 is 104. The van der Waals surface area contributed by atoms with Gasteiger partial charge in [0.15, 0.2) is 5.75 Å². The van der Waals surface area contributed by atoms with Gasteiger partial charge in [-0.25, -0.2) is 4.98 Å². The van der Waals surface area contributed by atoms with Crippen molar-refractivity contribution in [2.24, 2.45) is 0 Å². The summed E-state index contributed by atoms with van der Waals surface area (Å²) in [6, 6.07) is 73.8. The Balaban J connectivity index is 0.870. The van der Waals surface area contributed by atoms with Gasteiger partial charge < -0.3 is 14.2 Å². The molecule has 0 unspecified atom stereocenters. The Morgan fingerprint density at radius 3 is 1.54 bits per heavy atom. The highest BCUT2D eigenvalue weighted by Crippen LogP contribution is 2.51. The van der Waals surface area contributed by atoms with E-state index >= 15 is 0 Å². The summed E-state index contributed by atoms with van der Waals surface area (Å²) in [6.07, 6.45) is 5.41. The van der Waals surface area contributed by atoms with Crippen molar-refractivity contribution in [1.82, 2.24) is 18.7 Å². The SMILES string of the molecule is [2H]c1c([2H])c([2H])c(-c2cccc(-c3c([2H])c([2H])c([2H])c([2H])c3[2H])c2-[n+]2[c-]n(-c3cccc(Oc4cc5c(cc4-n4c6ccccc6c6ccccc64)c4ccccc4n5-c4cc(N5c6ccccc6-c6ccccc6-c6ccccc65)ccn4)c3)c3ccccc32)c([2H])c1[2H]. The highest BCUT2D eigenvalue weighted by molar-refractivity contribution is 6.13. The van der Waals surface area contributed by atoms with Gasteiger partial charge in [-0.15, -0.1) is 0 Å². The van der Waals surface area contributed by atoms with Crippen LogP contribution in [0.5, 0.6) is 11.5 Å². The standard InChI is InChI=1S/C78H50N6O/c1-3-23-52(24-4-1)57-36-22-37-58(53-25-5-2-6-26-53)78(57)81-51-80(72-43-19-20-44-73(72)81)54-27-21-28-56(47-54)85-76-50-74-66(49-75(76)83-69-40-16-11-33-63(69)64-34-12-17-41-70(64)83)65-35-13-18-42-71(65)84(74)77-48-55(45-46-79-77)82-67-38-14-9-31-61(67)59-29-7-8-30-60(59)62-32-10-15-39-68(62)82/h1-50H/i1D,2D,3D,4D,5D,6D,23D,24D,25D,26D. The minimum Gasteiger partial charge on any atom is -0.456 e. The summed E-state index contributed by atoms with van der Waals surface area (Å²) >= 11 is 0. The molecular weight excluding hydrogens is 1040 g/mol. The minimum atomic E-state index is -0.578. The summed E-state index contributed by atoms with van der Waals surface area (Å²) in [5.41, 5.74) is 13.9. The van der Waals surface area contributed by atoms with E-state index in [2.05, 4.69) is 172 Å². The lowest BCUT2D eigenvalue weighted by Crippen LogP contribution is -2.31. The number of anilines is 3. The van der Waals surface area contributed by atoms with E-state index in [1.807, 2.05) is 77.5 Å².